The highest BCUT2D eigenvalue weighted by molar-refractivity contribution is 7.99. The monoisotopic (exact) mass is 279 g/mol. The molecule has 1 aliphatic heterocycles. The summed E-state index contributed by atoms with van der Waals surface area (Å²) in [6.07, 6.45) is 2.77. The first-order valence-electron chi connectivity index (χ1n) is 6.73. The number of anilines is 2. The van der Waals surface area contributed by atoms with Gasteiger partial charge in [-0.05, 0) is 30.7 Å². The molecule has 3 rings (SSSR count). The Bertz CT molecular complexity index is 614. The summed E-state index contributed by atoms with van der Waals surface area (Å²) in [7, 11) is 0. The highest BCUT2D eigenvalue weighted by Crippen LogP contribution is 2.47. The van der Waals surface area contributed by atoms with Crippen LogP contribution in [0.5, 0.6) is 0 Å². The first-order chi connectivity index (χ1) is 9.79. The number of rotatable bonds is 4. The lowest BCUT2D eigenvalue weighted by Crippen LogP contribution is -2.22. The predicted molar refractivity (Wildman–Crippen MR) is 88.0 cm³/mol. The molecule has 0 unspecified atom stereocenters. The van der Waals surface area contributed by atoms with Gasteiger partial charge in [0.05, 0.1) is 11.4 Å². The number of hydrogen-bond acceptors (Lipinski definition) is 2. The van der Waals surface area contributed by atoms with E-state index in [0.29, 0.717) is 0 Å². The standard InChI is InChI=1S/C18H17NS/c1-3-14(2)12-13-19-15-8-4-6-10-17(15)20-18-11-7-5-9-16(18)19/h3-11H,1-2,12-13H2. The average Bonchev–Trinajstić information content (AvgIpc) is 2.51. The van der Waals surface area contributed by atoms with Crippen LogP contribution in [0.4, 0.5) is 11.4 Å². The summed E-state index contributed by atoms with van der Waals surface area (Å²) in [6.45, 7) is 8.74. The molecule has 0 fully saturated rings. The molecule has 2 aromatic rings. The summed E-state index contributed by atoms with van der Waals surface area (Å²) < 4.78 is 0. The molecule has 0 saturated carbocycles. The van der Waals surface area contributed by atoms with E-state index >= 15 is 0 Å². The smallest absolute Gasteiger partial charge is 0.0552 e. The van der Waals surface area contributed by atoms with Crippen molar-refractivity contribution < 1.29 is 0 Å². The van der Waals surface area contributed by atoms with E-state index in [2.05, 4.69) is 66.6 Å². The number of para-hydroxylation sites is 2. The highest BCUT2D eigenvalue weighted by atomic mass is 32.2. The first-order valence-corrected chi connectivity index (χ1v) is 7.55. The molecule has 2 aromatic carbocycles. The molecule has 2 heteroatoms. The van der Waals surface area contributed by atoms with Crippen LogP contribution < -0.4 is 4.90 Å². The zero-order chi connectivity index (χ0) is 13.9. The van der Waals surface area contributed by atoms with Gasteiger partial charge in [-0.2, -0.15) is 0 Å². The predicted octanol–water partition coefficient (Wildman–Crippen LogP) is 5.42. The van der Waals surface area contributed by atoms with Crippen molar-refractivity contribution in [3.05, 3.63) is 73.3 Å². The second-order valence-corrected chi connectivity index (χ2v) is 5.89. The molecule has 0 bridgehead atoms. The van der Waals surface area contributed by atoms with Gasteiger partial charge < -0.3 is 4.90 Å². The number of hydrogen-bond donors (Lipinski definition) is 0. The zero-order valence-electron chi connectivity index (χ0n) is 11.4. The Labute approximate surface area is 124 Å². The van der Waals surface area contributed by atoms with Crippen molar-refractivity contribution in [2.24, 2.45) is 0 Å². The van der Waals surface area contributed by atoms with E-state index < -0.39 is 0 Å². The van der Waals surface area contributed by atoms with Crippen LogP contribution in [0.25, 0.3) is 0 Å². The van der Waals surface area contributed by atoms with Gasteiger partial charge in [0.25, 0.3) is 0 Å². The lowest BCUT2D eigenvalue weighted by molar-refractivity contribution is 0.896. The molecule has 0 spiro atoms. The largest absolute Gasteiger partial charge is 0.339 e. The van der Waals surface area contributed by atoms with Gasteiger partial charge in [0, 0.05) is 16.3 Å². The highest BCUT2D eigenvalue weighted by Gasteiger charge is 2.22. The van der Waals surface area contributed by atoms with Crippen LogP contribution in [0.3, 0.4) is 0 Å². The maximum atomic E-state index is 4.02. The van der Waals surface area contributed by atoms with Crippen LogP contribution in [0.2, 0.25) is 0 Å². The minimum absolute atomic E-state index is 0.927. The molecular formula is C18H17NS. The second kappa shape index (κ2) is 5.59. The molecular weight excluding hydrogens is 262 g/mol. The first kappa shape index (κ1) is 13.1. The quantitative estimate of drug-likeness (QED) is 0.687. The maximum absolute atomic E-state index is 4.02. The number of fused-ring (bicyclic) bond motifs is 2. The van der Waals surface area contributed by atoms with Crippen LogP contribution in [0, 0.1) is 0 Å². The zero-order valence-corrected chi connectivity index (χ0v) is 12.2. The van der Waals surface area contributed by atoms with Crippen molar-refractivity contribution in [2.75, 3.05) is 11.4 Å². The topological polar surface area (TPSA) is 3.24 Å². The molecule has 1 heterocycles. The minimum atomic E-state index is 0.927. The van der Waals surface area contributed by atoms with Gasteiger partial charge in [-0.1, -0.05) is 60.8 Å². The molecule has 0 atom stereocenters. The average molecular weight is 279 g/mol. The number of nitrogens with zero attached hydrogens (tertiary/aromatic N) is 1. The molecule has 0 N–H and O–H groups in total. The van der Waals surface area contributed by atoms with Gasteiger partial charge in [0.2, 0.25) is 0 Å². The van der Waals surface area contributed by atoms with E-state index in [0.717, 1.165) is 18.5 Å². The summed E-state index contributed by atoms with van der Waals surface area (Å²) in [5, 5.41) is 0. The van der Waals surface area contributed by atoms with Gasteiger partial charge in [0.15, 0.2) is 0 Å². The Morgan fingerprint density at radius 1 is 1.00 bits per heavy atom. The van der Waals surface area contributed by atoms with Crippen molar-refractivity contribution in [3.63, 3.8) is 0 Å². The molecule has 0 radical (unpaired) electrons. The van der Waals surface area contributed by atoms with Crippen LogP contribution >= 0.6 is 11.8 Å². The number of benzene rings is 2. The summed E-state index contributed by atoms with van der Waals surface area (Å²) in [5.41, 5.74) is 3.65. The van der Waals surface area contributed by atoms with Crippen LogP contribution in [-0.4, -0.2) is 6.54 Å². The van der Waals surface area contributed by atoms with Crippen LogP contribution in [0.15, 0.2) is 83.1 Å². The summed E-state index contributed by atoms with van der Waals surface area (Å²) >= 11 is 1.84. The SMILES string of the molecule is C=CC(=C)CCN1c2ccccc2Sc2ccccc21. The Morgan fingerprint density at radius 2 is 1.55 bits per heavy atom. The molecule has 0 amide bonds. The van der Waals surface area contributed by atoms with Gasteiger partial charge in [-0.15, -0.1) is 0 Å². The fourth-order valence-corrected chi connectivity index (χ4v) is 3.48. The Kier molecular flexibility index (Phi) is 3.66. The molecule has 100 valence electrons. The van der Waals surface area contributed by atoms with Crippen LogP contribution in [-0.2, 0) is 0 Å². The summed E-state index contributed by atoms with van der Waals surface area (Å²) in [4.78, 5) is 5.02. The third-order valence-corrected chi connectivity index (χ3v) is 4.61. The Morgan fingerprint density at radius 3 is 2.10 bits per heavy atom. The van der Waals surface area contributed by atoms with E-state index in [1.807, 2.05) is 17.8 Å². The Hall–Kier alpha value is -1.93. The molecule has 0 aliphatic carbocycles. The van der Waals surface area contributed by atoms with Gasteiger partial charge in [0.1, 0.15) is 0 Å². The molecule has 1 aliphatic rings. The Balaban J connectivity index is 1.99. The van der Waals surface area contributed by atoms with E-state index in [4.69, 9.17) is 0 Å². The van der Waals surface area contributed by atoms with Gasteiger partial charge in [-0.3, -0.25) is 0 Å². The minimum Gasteiger partial charge on any atom is -0.339 e. The summed E-state index contributed by atoms with van der Waals surface area (Å²) in [5.74, 6) is 0. The lowest BCUT2D eigenvalue weighted by atomic mass is 10.1. The fraction of sp³-hybridized carbons (Fsp3) is 0.111. The van der Waals surface area contributed by atoms with Gasteiger partial charge >= 0.3 is 0 Å². The summed E-state index contributed by atoms with van der Waals surface area (Å²) in [6, 6.07) is 17.1. The van der Waals surface area contributed by atoms with Crippen LogP contribution in [0.1, 0.15) is 6.42 Å². The molecule has 1 nitrogen and oxygen atoms in total. The van der Waals surface area contributed by atoms with Crippen molar-refractivity contribution in [2.45, 2.75) is 16.2 Å². The third kappa shape index (κ3) is 2.39. The fourth-order valence-electron chi connectivity index (χ4n) is 2.38. The molecule has 0 aromatic heterocycles. The maximum Gasteiger partial charge on any atom is 0.0552 e. The van der Waals surface area contributed by atoms with E-state index in [-0.39, 0.29) is 0 Å². The van der Waals surface area contributed by atoms with Crippen molar-refractivity contribution in [1.29, 1.82) is 0 Å². The van der Waals surface area contributed by atoms with Gasteiger partial charge in [-0.25, -0.2) is 0 Å². The molecule has 0 saturated heterocycles. The van der Waals surface area contributed by atoms with Crippen molar-refractivity contribution in [3.8, 4) is 0 Å². The van der Waals surface area contributed by atoms with Crippen molar-refractivity contribution in [1.82, 2.24) is 0 Å². The lowest BCUT2D eigenvalue weighted by Gasteiger charge is -2.32. The van der Waals surface area contributed by atoms with E-state index in [1.54, 1.807) is 0 Å². The molecule has 20 heavy (non-hydrogen) atoms. The second-order valence-electron chi connectivity index (χ2n) is 4.80. The van der Waals surface area contributed by atoms with E-state index in [9.17, 15) is 0 Å². The van der Waals surface area contributed by atoms with Crippen molar-refractivity contribution >= 4 is 23.1 Å². The number of allylic oxidation sites excluding steroid dienone is 1. The van der Waals surface area contributed by atoms with E-state index in [1.165, 1.54) is 21.2 Å². The third-order valence-electron chi connectivity index (χ3n) is 3.48. The normalized spacial score (nSPS) is 12.5.